The van der Waals surface area contributed by atoms with Crippen molar-refractivity contribution in [2.45, 2.75) is 51.7 Å². The van der Waals surface area contributed by atoms with Crippen LogP contribution in [-0.2, 0) is 15.9 Å². The Bertz CT molecular complexity index is 462. The van der Waals surface area contributed by atoms with Crippen molar-refractivity contribution in [3.05, 3.63) is 24.2 Å². The van der Waals surface area contributed by atoms with E-state index in [1.165, 1.54) is 0 Å². The molecule has 0 spiro atoms. The molecule has 2 atom stereocenters. The lowest BCUT2D eigenvalue weighted by Crippen LogP contribution is -2.45. The van der Waals surface area contributed by atoms with E-state index in [0.29, 0.717) is 13.2 Å². The van der Waals surface area contributed by atoms with Crippen LogP contribution in [-0.4, -0.2) is 51.0 Å². The van der Waals surface area contributed by atoms with Gasteiger partial charge in [0.05, 0.1) is 25.6 Å². The summed E-state index contributed by atoms with van der Waals surface area (Å²) in [5.74, 6) is 1.82. The van der Waals surface area contributed by atoms with Gasteiger partial charge in [-0.15, -0.1) is 24.0 Å². The van der Waals surface area contributed by atoms with Crippen LogP contribution in [0.5, 0.6) is 0 Å². The molecule has 0 amide bonds. The number of hydrogen-bond acceptors (Lipinski definition) is 4. The minimum atomic E-state index is 0. The quantitative estimate of drug-likeness (QED) is 0.241. The first-order chi connectivity index (χ1) is 11.8. The second kappa shape index (κ2) is 13.4. The third-order valence-electron chi connectivity index (χ3n) is 3.88. The Balaban J connectivity index is 0.00000312. The number of hydrogen-bond donors (Lipinski definition) is 2. The second-order valence-corrected chi connectivity index (χ2v) is 6.20. The average Bonchev–Trinajstić information content (AvgIpc) is 3.26. The maximum Gasteiger partial charge on any atom is 0.191 e. The van der Waals surface area contributed by atoms with Crippen LogP contribution in [0.2, 0.25) is 0 Å². The average molecular weight is 465 g/mol. The number of rotatable bonds is 10. The van der Waals surface area contributed by atoms with E-state index in [4.69, 9.17) is 13.9 Å². The van der Waals surface area contributed by atoms with Crippen molar-refractivity contribution in [2.75, 3.05) is 32.9 Å². The normalized spacial score (nSPS) is 18.6. The summed E-state index contributed by atoms with van der Waals surface area (Å²) in [6.07, 6.45) is 6.01. The van der Waals surface area contributed by atoms with Gasteiger partial charge in [0.2, 0.25) is 0 Å². The SMILES string of the molecule is CCCCN=C(NCCc1ccco1)NC(C)COC1CCOC1.I. The molecule has 1 aliphatic heterocycles. The monoisotopic (exact) mass is 465 g/mol. The smallest absolute Gasteiger partial charge is 0.191 e. The molecule has 0 saturated carbocycles. The molecule has 0 aromatic carbocycles. The van der Waals surface area contributed by atoms with Gasteiger partial charge in [-0.25, -0.2) is 0 Å². The number of nitrogens with one attached hydrogen (secondary N) is 2. The maximum atomic E-state index is 5.87. The van der Waals surface area contributed by atoms with Gasteiger partial charge < -0.3 is 24.5 Å². The van der Waals surface area contributed by atoms with E-state index < -0.39 is 0 Å². The zero-order valence-corrected chi connectivity index (χ0v) is 17.7. The summed E-state index contributed by atoms with van der Waals surface area (Å²) in [5, 5.41) is 6.80. The molecule has 0 aliphatic carbocycles. The fraction of sp³-hybridized carbons (Fsp3) is 0.722. The van der Waals surface area contributed by atoms with Crippen LogP contribution in [0.25, 0.3) is 0 Å². The minimum Gasteiger partial charge on any atom is -0.469 e. The molecule has 25 heavy (non-hydrogen) atoms. The van der Waals surface area contributed by atoms with Crippen molar-refractivity contribution >= 4 is 29.9 Å². The van der Waals surface area contributed by atoms with E-state index in [9.17, 15) is 0 Å². The number of halogens is 1. The number of aliphatic imine (C=N–C) groups is 1. The minimum absolute atomic E-state index is 0. The summed E-state index contributed by atoms with van der Waals surface area (Å²) in [7, 11) is 0. The summed E-state index contributed by atoms with van der Waals surface area (Å²) in [5.41, 5.74) is 0. The van der Waals surface area contributed by atoms with Gasteiger partial charge in [-0.3, -0.25) is 4.99 Å². The molecule has 1 aromatic heterocycles. The van der Waals surface area contributed by atoms with E-state index in [2.05, 4.69) is 29.5 Å². The van der Waals surface area contributed by atoms with Gasteiger partial charge in [0.1, 0.15) is 5.76 Å². The third-order valence-corrected chi connectivity index (χ3v) is 3.88. The van der Waals surface area contributed by atoms with Crippen LogP contribution in [0.3, 0.4) is 0 Å². The van der Waals surface area contributed by atoms with E-state index in [-0.39, 0.29) is 36.1 Å². The maximum absolute atomic E-state index is 5.87. The van der Waals surface area contributed by atoms with Gasteiger partial charge in [-0.05, 0) is 31.9 Å². The fourth-order valence-electron chi connectivity index (χ4n) is 2.46. The van der Waals surface area contributed by atoms with Gasteiger partial charge in [-0.2, -0.15) is 0 Å². The molecule has 0 bridgehead atoms. The van der Waals surface area contributed by atoms with Gasteiger partial charge in [0.25, 0.3) is 0 Å². The molecule has 144 valence electrons. The third kappa shape index (κ3) is 9.46. The summed E-state index contributed by atoms with van der Waals surface area (Å²) in [6, 6.07) is 4.10. The molecule has 1 aliphatic rings. The molecular formula is C18H32IN3O3. The first-order valence-electron chi connectivity index (χ1n) is 9.04. The van der Waals surface area contributed by atoms with Gasteiger partial charge in [0, 0.05) is 32.2 Å². The summed E-state index contributed by atoms with van der Waals surface area (Å²) < 4.78 is 16.6. The predicted octanol–water partition coefficient (Wildman–Crippen LogP) is 2.97. The molecule has 2 rings (SSSR count). The van der Waals surface area contributed by atoms with Crippen molar-refractivity contribution < 1.29 is 13.9 Å². The number of nitrogens with zero attached hydrogens (tertiary/aromatic N) is 1. The Morgan fingerprint density at radius 3 is 3.04 bits per heavy atom. The van der Waals surface area contributed by atoms with Crippen molar-refractivity contribution in [3.8, 4) is 0 Å². The molecule has 0 radical (unpaired) electrons. The van der Waals surface area contributed by atoms with Crippen LogP contribution in [0.1, 0.15) is 38.9 Å². The Kier molecular flexibility index (Phi) is 11.9. The number of furan rings is 1. The predicted molar refractivity (Wildman–Crippen MR) is 111 cm³/mol. The zero-order valence-electron chi connectivity index (χ0n) is 15.3. The van der Waals surface area contributed by atoms with Crippen molar-refractivity contribution in [3.63, 3.8) is 0 Å². The van der Waals surface area contributed by atoms with Crippen molar-refractivity contribution in [1.29, 1.82) is 0 Å². The van der Waals surface area contributed by atoms with Crippen LogP contribution < -0.4 is 10.6 Å². The van der Waals surface area contributed by atoms with Gasteiger partial charge in [-0.1, -0.05) is 13.3 Å². The van der Waals surface area contributed by atoms with E-state index in [1.54, 1.807) is 6.26 Å². The first kappa shape index (κ1) is 22.2. The summed E-state index contributed by atoms with van der Waals surface area (Å²) in [4.78, 5) is 4.64. The molecule has 1 saturated heterocycles. The van der Waals surface area contributed by atoms with Crippen LogP contribution in [0.4, 0.5) is 0 Å². The standard InChI is InChI=1S/C18H31N3O3.HI/c1-3-4-9-19-18(20-10-7-16-6-5-11-23-16)21-15(2)13-24-17-8-12-22-14-17;/h5-6,11,15,17H,3-4,7-10,12-14H2,1-2H3,(H2,19,20,21);1H. The van der Waals surface area contributed by atoms with Crippen LogP contribution >= 0.6 is 24.0 Å². The lowest BCUT2D eigenvalue weighted by atomic mass is 10.3. The van der Waals surface area contributed by atoms with Crippen LogP contribution in [0, 0.1) is 0 Å². The molecule has 2 N–H and O–H groups in total. The number of guanidine groups is 1. The van der Waals surface area contributed by atoms with Gasteiger partial charge >= 0.3 is 0 Å². The molecule has 2 unspecified atom stereocenters. The Morgan fingerprint density at radius 2 is 2.36 bits per heavy atom. The molecule has 1 fully saturated rings. The van der Waals surface area contributed by atoms with Crippen molar-refractivity contribution in [2.24, 2.45) is 4.99 Å². The number of ether oxygens (including phenoxy) is 2. The van der Waals surface area contributed by atoms with Gasteiger partial charge in [0.15, 0.2) is 5.96 Å². The molecule has 6 nitrogen and oxygen atoms in total. The zero-order chi connectivity index (χ0) is 17.0. The summed E-state index contributed by atoms with van der Waals surface area (Å²) >= 11 is 0. The largest absolute Gasteiger partial charge is 0.469 e. The Hall–Kier alpha value is -0.800. The van der Waals surface area contributed by atoms with E-state index >= 15 is 0 Å². The lowest BCUT2D eigenvalue weighted by Gasteiger charge is -2.20. The number of unbranched alkanes of at least 4 members (excludes halogenated alkanes) is 1. The summed E-state index contributed by atoms with van der Waals surface area (Å²) in [6.45, 7) is 8.08. The van der Waals surface area contributed by atoms with Crippen LogP contribution in [0.15, 0.2) is 27.8 Å². The highest BCUT2D eigenvalue weighted by Gasteiger charge is 2.17. The second-order valence-electron chi connectivity index (χ2n) is 6.20. The Labute approximate surface area is 168 Å². The lowest BCUT2D eigenvalue weighted by molar-refractivity contribution is 0.0347. The molecule has 1 aromatic rings. The van der Waals surface area contributed by atoms with E-state index in [0.717, 1.165) is 57.1 Å². The first-order valence-corrected chi connectivity index (χ1v) is 9.04. The van der Waals surface area contributed by atoms with Crippen molar-refractivity contribution in [1.82, 2.24) is 10.6 Å². The highest BCUT2D eigenvalue weighted by Crippen LogP contribution is 2.08. The molecule has 7 heteroatoms. The molecule has 2 heterocycles. The van der Waals surface area contributed by atoms with E-state index in [1.807, 2.05) is 12.1 Å². The Morgan fingerprint density at radius 1 is 1.48 bits per heavy atom. The fourth-order valence-corrected chi connectivity index (χ4v) is 2.46. The highest BCUT2D eigenvalue weighted by atomic mass is 127. The highest BCUT2D eigenvalue weighted by molar-refractivity contribution is 14.0. The topological polar surface area (TPSA) is 68.0 Å². The molecular weight excluding hydrogens is 433 g/mol.